The van der Waals surface area contributed by atoms with E-state index in [1.165, 1.54) is 4.90 Å². The molecule has 2 bridgehead atoms. The number of hydrogen-bond donors (Lipinski definition) is 2. The first-order valence-corrected chi connectivity index (χ1v) is 12.0. The Labute approximate surface area is 199 Å². The van der Waals surface area contributed by atoms with E-state index in [0.29, 0.717) is 25.8 Å². The van der Waals surface area contributed by atoms with E-state index in [1.54, 1.807) is 0 Å². The average molecular weight is 463 g/mol. The molecule has 7 heteroatoms. The minimum atomic E-state index is -1.11. The van der Waals surface area contributed by atoms with Crippen molar-refractivity contribution in [3.05, 3.63) is 59.7 Å². The number of carboxylic acid groups (broad SMARTS) is 1. The second-order valence-electron chi connectivity index (χ2n) is 10.2. The van der Waals surface area contributed by atoms with Crippen molar-refractivity contribution < 1.29 is 24.2 Å². The molecule has 34 heavy (non-hydrogen) atoms. The standard InChI is InChI=1S/C27H30N2O5/c1-16(2)11-23(24(30)29-14-17-12-27(29,13-17)25(31)32)28-26(33)34-15-22-20-9-5-3-7-18(20)19-8-4-6-10-21(19)22/h3-10,16-17,22-23H,11-15H2,1-2H3,(H,28,33)(H,31,32)/t17?,23-,27?/m0/s1. The highest BCUT2D eigenvalue weighted by Gasteiger charge is 2.63. The average Bonchev–Trinajstić information content (AvgIpc) is 3.45. The molecule has 1 saturated carbocycles. The zero-order valence-corrected chi connectivity index (χ0v) is 19.5. The summed E-state index contributed by atoms with van der Waals surface area (Å²) < 4.78 is 5.64. The molecule has 0 radical (unpaired) electrons. The van der Waals surface area contributed by atoms with Crippen LogP contribution in [0.25, 0.3) is 11.1 Å². The minimum Gasteiger partial charge on any atom is -0.479 e. The summed E-state index contributed by atoms with van der Waals surface area (Å²) in [4.78, 5) is 39.5. The number of rotatable bonds is 7. The second-order valence-corrected chi connectivity index (χ2v) is 10.2. The molecule has 2 aliphatic carbocycles. The molecule has 2 saturated heterocycles. The van der Waals surface area contributed by atoms with Gasteiger partial charge in [0.15, 0.2) is 0 Å². The number of fused-ring (bicyclic) bond motifs is 4. The van der Waals surface area contributed by atoms with E-state index in [2.05, 4.69) is 29.6 Å². The van der Waals surface area contributed by atoms with Crippen LogP contribution in [0, 0.1) is 11.8 Å². The maximum Gasteiger partial charge on any atom is 0.407 e. The lowest BCUT2D eigenvalue weighted by Gasteiger charge is -2.39. The molecule has 7 nitrogen and oxygen atoms in total. The lowest BCUT2D eigenvalue weighted by Crippen LogP contribution is -2.59. The van der Waals surface area contributed by atoms with Gasteiger partial charge in [0.05, 0.1) is 0 Å². The molecular formula is C27H30N2O5. The Morgan fingerprint density at radius 3 is 2.21 bits per heavy atom. The first-order chi connectivity index (χ1) is 16.3. The molecular weight excluding hydrogens is 432 g/mol. The van der Waals surface area contributed by atoms with Crippen LogP contribution < -0.4 is 5.32 Å². The van der Waals surface area contributed by atoms with Crippen LogP contribution in [0.15, 0.2) is 48.5 Å². The Morgan fingerprint density at radius 1 is 1.06 bits per heavy atom. The highest BCUT2D eigenvalue weighted by atomic mass is 16.5. The van der Waals surface area contributed by atoms with Crippen LogP contribution in [-0.2, 0) is 14.3 Å². The van der Waals surface area contributed by atoms with Crippen LogP contribution in [-0.4, -0.2) is 52.7 Å². The molecule has 0 spiro atoms. The number of carboxylic acids is 1. The SMILES string of the molecule is CC(C)C[C@H](NC(=O)OCC1c2ccccc2-c2ccccc21)C(=O)N1CC2CC1(C(=O)O)C2. The van der Waals surface area contributed by atoms with E-state index in [-0.39, 0.29) is 30.3 Å². The molecule has 2 aromatic rings. The zero-order valence-electron chi connectivity index (χ0n) is 19.5. The zero-order chi connectivity index (χ0) is 24.0. The number of alkyl carbamates (subject to hydrolysis) is 1. The van der Waals surface area contributed by atoms with Gasteiger partial charge in [-0.2, -0.15) is 0 Å². The Bertz CT molecular complexity index is 1090. The fourth-order valence-corrected chi connectivity index (χ4v) is 5.93. The van der Waals surface area contributed by atoms with Gasteiger partial charge in [-0.25, -0.2) is 9.59 Å². The molecule has 0 aromatic heterocycles. The van der Waals surface area contributed by atoms with Gasteiger partial charge in [0.2, 0.25) is 5.91 Å². The predicted octanol–water partition coefficient (Wildman–Crippen LogP) is 4.02. The number of ether oxygens (including phenoxy) is 1. The first-order valence-electron chi connectivity index (χ1n) is 12.0. The van der Waals surface area contributed by atoms with Crippen molar-refractivity contribution in [2.45, 2.75) is 50.6 Å². The van der Waals surface area contributed by atoms with Gasteiger partial charge in [-0.3, -0.25) is 4.79 Å². The summed E-state index contributed by atoms with van der Waals surface area (Å²) >= 11 is 0. The van der Waals surface area contributed by atoms with Gasteiger partial charge in [0, 0.05) is 12.5 Å². The fraction of sp³-hybridized carbons (Fsp3) is 0.444. The Hall–Kier alpha value is -3.35. The summed E-state index contributed by atoms with van der Waals surface area (Å²) in [5, 5.41) is 12.5. The fourth-order valence-electron chi connectivity index (χ4n) is 5.93. The van der Waals surface area contributed by atoms with E-state index in [9.17, 15) is 19.5 Å². The van der Waals surface area contributed by atoms with Gasteiger partial charge in [-0.1, -0.05) is 62.4 Å². The van der Waals surface area contributed by atoms with Crippen molar-refractivity contribution in [2.75, 3.05) is 13.2 Å². The number of aliphatic carboxylic acids is 1. The molecule has 4 aliphatic rings. The Kier molecular flexibility index (Phi) is 5.58. The number of hydrogen-bond acceptors (Lipinski definition) is 4. The molecule has 2 N–H and O–H groups in total. The van der Waals surface area contributed by atoms with Crippen LogP contribution in [0.4, 0.5) is 4.79 Å². The van der Waals surface area contributed by atoms with E-state index < -0.39 is 23.6 Å². The number of amides is 2. The number of benzene rings is 2. The predicted molar refractivity (Wildman–Crippen MR) is 126 cm³/mol. The lowest BCUT2D eigenvalue weighted by atomic mass is 9.73. The molecule has 1 atom stereocenters. The molecule has 3 fully saturated rings. The molecule has 0 unspecified atom stereocenters. The van der Waals surface area contributed by atoms with Crippen molar-refractivity contribution in [1.82, 2.24) is 10.2 Å². The third-order valence-corrected chi connectivity index (χ3v) is 7.52. The van der Waals surface area contributed by atoms with Crippen molar-refractivity contribution in [3.63, 3.8) is 0 Å². The van der Waals surface area contributed by atoms with Gasteiger partial charge in [-0.15, -0.1) is 0 Å². The Morgan fingerprint density at radius 2 is 1.65 bits per heavy atom. The van der Waals surface area contributed by atoms with Crippen molar-refractivity contribution >= 4 is 18.0 Å². The number of carbonyl (C=O) groups excluding carboxylic acids is 2. The van der Waals surface area contributed by atoms with E-state index >= 15 is 0 Å². The first kappa shape index (κ1) is 22.4. The van der Waals surface area contributed by atoms with Crippen LogP contribution in [0.5, 0.6) is 0 Å². The number of carbonyl (C=O) groups is 3. The van der Waals surface area contributed by atoms with E-state index in [0.717, 1.165) is 22.3 Å². The Balaban J connectivity index is 1.28. The van der Waals surface area contributed by atoms with Gasteiger partial charge in [0.25, 0.3) is 0 Å². The van der Waals surface area contributed by atoms with Crippen LogP contribution >= 0.6 is 0 Å². The molecule has 6 rings (SSSR count). The highest BCUT2D eigenvalue weighted by molar-refractivity contribution is 5.93. The van der Waals surface area contributed by atoms with Gasteiger partial charge in [-0.05, 0) is 53.4 Å². The monoisotopic (exact) mass is 462 g/mol. The molecule has 2 aliphatic heterocycles. The van der Waals surface area contributed by atoms with Crippen molar-refractivity contribution in [2.24, 2.45) is 11.8 Å². The third-order valence-electron chi connectivity index (χ3n) is 7.52. The number of nitrogens with zero attached hydrogens (tertiary/aromatic N) is 1. The van der Waals surface area contributed by atoms with Crippen LogP contribution in [0.2, 0.25) is 0 Å². The summed E-state index contributed by atoms with van der Waals surface area (Å²) in [6, 6.07) is 15.4. The summed E-state index contributed by atoms with van der Waals surface area (Å²) in [5.41, 5.74) is 3.41. The van der Waals surface area contributed by atoms with Crippen LogP contribution in [0.1, 0.15) is 50.2 Å². The summed E-state index contributed by atoms with van der Waals surface area (Å²) in [6.45, 7) is 4.53. The third kappa shape index (κ3) is 3.63. The van der Waals surface area contributed by atoms with E-state index in [4.69, 9.17) is 4.74 Å². The minimum absolute atomic E-state index is 0.0708. The normalized spacial score (nSPS) is 23.1. The smallest absolute Gasteiger partial charge is 0.407 e. The lowest BCUT2D eigenvalue weighted by molar-refractivity contribution is -0.159. The van der Waals surface area contributed by atoms with Gasteiger partial charge >= 0.3 is 12.1 Å². The van der Waals surface area contributed by atoms with Gasteiger partial charge < -0.3 is 20.1 Å². The van der Waals surface area contributed by atoms with E-state index in [1.807, 2.05) is 38.1 Å². The summed E-state index contributed by atoms with van der Waals surface area (Å²) in [6.07, 6.45) is 0.748. The molecule has 178 valence electrons. The molecule has 2 amide bonds. The molecule has 2 aromatic carbocycles. The maximum absolute atomic E-state index is 13.3. The quantitative estimate of drug-likeness (QED) is 0.648. The largest absolute Gasteiger partial charge is 0.479 e. The summed E-state index contributed by atoms with van der Waals surface area (Å²) in [5.74, 6) is -0.988. The second kappa shape index (κ2) is 8.46. The number of nitrogens with one attached hydrogen (secondary N) is 1. The van der Waals surface area contributed by atoms with Crippen LogP contribution in [0.3, 0.4) is 0 Å². The van der Waals surface area contributed by atoms with Crippen molar-refractivity contribution in [1.29, 1.82) is 0 Å². The summed E-state index contributed by atoms with van der Waals surface area (Å²) in [7, 11) is 0. The topological polar surface area (TPSA) is 95.9 Å². The van der Waals surface area contributed by atoms with Crippen molar-refractivity contribution in [3.8, 4) is 11.1 Å². The van der Waals surface area contributed by atoms with Gasteiger partial charge in [0.1, 0.15) is 18.2 Å². The maximum atomic E-state index is 13.3. The molecule has 2 heterocycles. The highest BCUT2D eigenvalue weighted by Crippen LogP contribution is 2.51.